The molecule has 8 aromatic rings. The van der Waals surface area contributed by atoms with Gasteiger partial charge in [-0.25, -0.2) is 4.98 Å². The minimum atomic E-state index is -3.64. The summed E-state index contributed by atoms with van der Waals surface area (Å²) in [6.45, 7) is -7.28. The molecule has 0 bridgehead atoms. The van der Waals surface area contributed by atoms with Crippen LogP contribution in [0.4, 0.5) is 0 Å². The molecular formula is C42H30N4. The van der Waals surface area contributed by atoms with E-state index < -0.39 is 107 Å². The van der Waals surface area contributed by atoms with Gasteiger partial charge in [-0.3, -0.25) is 4.57 Å². The van der Waals surface area contributed by atoms with Gasteiger partial charge in [-0.1, -0.05) is 135 Å². The summed E-state index contributed by atoms with van der Waals surface area (Å²) in [5.41, 5.74) is -4.25. The van der Waals surface area contributed by atoms with Crippen molar-refractivity contribution in [2.45, 2.75) is 19.1 Å². The molecule has 6 aromatic carbocycles. The van der Waals surface area contributed by atoms with Gasteiger partial charge in [0.25, 0.3) is 0 Å². The van der Waals surface area contributed by atoms with Crippen molar-refractivity contribution < 1.29 is 21.9 Å². The van der Waals surface area contributed by atoms with Crippen molar-refractivity contribution >= 4 is 21.8 Å². The van der Waals surface area contributed by atoms with Gasteiger partial charge in [0.1, 0.15) is 0 Å². The van der Waals surface area contributed by atoms with Crippen LogP contribution in [-0.4, -0.2) is 19.5 Å². The smallest absolute Gasteiger partial charge is 0.238 e. The fourth-order valence-electron chi connectivity index (χ4n) is 5.96. The molecule has 0 amide bonds. The van der Waals surface area contributed by atoms with Crippen molar-refractivity contribution in [1.82, 2.24) is 19.5 Å². The number of benzene rings is 6. The van der Waals surface area contributed by atoms with E-state index in [1.807, 2.05) is 42.5 Å². The molecule has 46 heavy (non-hydrogen) atoms. The SMILES string of the molecule is [2H]c1c([2H])c([2H])c2c(c1[2H])-c1c(c([2H])c3c(c1[2H])c1c([2H])c([2H])c([2H])c([2H])c1n3-c1nc(-c3ccccc3)nc(-c3cccc(-c4ccccc4)c3)n1)C2(C([2H])([2H])[2H])C([2H])([2H])[2H]. The number of nitrogens with zero attached hydrogens (tertiary/aromatic N) is 4. The second-order valence-electron chi connectivity index (χ2n) is 10.9. The number of rotatable bonds is 4. The summed E-state index contributed by atoms with van der Waals surface area (Å²) in [5.74, 6) is -0.165. The summed E-state index contributed by atoms with van der Waals surface area (Å²) in [7, 11) is 0. The highest BCUT2D eigenvalue weighted by Gasteiger charge is 2.36. The third-order valence-electron chi connectivity index (χ3n) is 8.12. The lowest BCUT2D eigenvalue weighted by atomic mass is 9.82. The highest BCUT2D eigenvalue weighted by Crippen LogP contribution is 2.50. The number of para-hydroxylation sites is 1. The maximum atomic E-state index is 9.98. The van der Waals surface area contributed by atoms with Gasteiger partial charge in [0, 0.05) is 35.5 Å². The van der Waals surface area contributed by atoms with Gasteiger partial charge in [-0.2, -0.15) is 9.97 Å². The highest BCUT2D eigenvalue weighted by atomic mass is 15.2. The molecule has 0 spiro atoms. The molecule has 4 heteroatoms. The van der Waals surface area contributed by atoms with E-state index in [0.29, 0.717) is 11.1 Å². The van der Waals surface area contributed by atoms with E-state index in [4.69, 9.17) is 32.8 Å². The second-order valence-corrected chi connectivity index (χ2v) is 10.9. The van der Waals surface area contributed by atoms with E-state index in [9.17, 15) is 4.11 Å². The monoisotopic (exact) mass is 606 g/mol. The van der Waals surface area contributed by atoms with E-state index in [1.54, 1.807) is 42.5 Å². The minimum Gasteiger partial charge on any atom is -0.278 e. The average Bonchev–Trinajstić information content (AvgIpc) is 3.80. The van der Waals surface area contributed by atoms with Crippen LogP contribution < -0.4 is 0 Å². The largest absolute Gasteiger partial charge is 0.278 e. The summed E-state index contributed by atoms with van der Waals surface area (Å²) < 4.78 is 145. The van der Waals surface area contributed by atoms with E-state index in [1.165, 1.54) is 0 Å². The lowest BCUT2D eigenvalue weighted by Gasteiger charge is -2.21. The third-order valence-corrected chi connectivity index (χ3v) is 8.12. The van der Waals surface area contributed by atoms with E-state index in [-0.39, 0.29) is 33.9 Å². The van der Waals surface area contributed by atoms with Gasteiger partial charge in [-0.05, 0) is 57.6 Å². The molecule has 0 fully saturated rings. The summed E-state index contributed by atoms with van der Waals surface area (Å²) in [4.78, 5) is 14.4. The molecule has 9 rings (SSSR count). The molecule has 4 nitrogen and oxygen atoms in total. The Hall–Kier alpha value is -5.87. The fraction of sp³-hybridized carbons (Fsp3) is 0.0714. The molecule has 2 aromatic heterocycles. The molecule has 0 saturated heterocycles. The number of hydrogen-bond acceptors (Lipinski definition) is 3. The van der Waals surface area contributed by atoms with Crippen molar-refractivity contribution in [3.63, 3.8) is 0 Å². The maximum Gasteiger partial charge on any atom is 0.238 e. The van der Waals surface area contributed by atoms with Crippen molar-refractivity contribution in [2.24, 2.45) is 0 Å². The van der Waals surface area contributed by atoms with Crippen LogP contribution in [0.5, 0.6) is 0 Å². The van der Waals surface area contributed by atoms with Crippen molar-refractivity contribution in [3.05, 3.63) is 156 Å². The van der Waals surface area contributed by atoms with Crippen LogP contribution in [-0.2, 0) is 5.41 Å². The first-order chi connectivity index (χ1) is 29.2. The zero-order chi connectivity index (χ0) is 44.5. The first kappa shape index (κ1) is 14.9. The first-order valence-electron chi connectivity index (χ1n) is 22.4. The zero-order valence-electron chi connectivity index (χ0n) is 39.9. The van der Waals surface area contributed by atoms with Crippen LogP contribution >= 0.6 is 0 Å². The van der Waals surface area contributed by atoms with Gasteiger partial charge >= 0.3 is 0 Å². The predicted molar refractivity (Wildman–Crippen MR) is 188 cm³/mol. The number of aromatic nitrogens is 4. The summed E-state index contributed by atoms with van der Waals surface area (Å²) in [5, 5.41) is -0.667. The molecule has 0 unspecified atom stereocenters. The lowest BCUT2D eigenvalue weighted by Crippen LogP contribution is -2.15. The Morgan fingerprint density at radius 3 is 2.04 bits per heavy atom. The van der Waals surface area contributed by atoms with Gasteiger partial charge in [-0.15, -0.1) is 0 Å². The Kier molecular flexibility index (Phi) is 3.27. The third kappa shape index (κ3) is 4.04. The van der Waals surface area contributed by atoms with E-state index in [0.717, 1.165) is 15.7 Å². The fourth-order valence-corrected chi connectivity index (χ4v) is 5.96. The molecule has 2 heterocycles. The standard InChI is InChI=1S/C42H30N4/c1-42(2)35-22-11-9-20-31(35)33-25-34-32-21-10-12-23-37(32)46(38(34)26-36(33)42)41-44-39(28-16-7-4-8-17-28)43-40(45-41)30-19-13-18-29(24-30)27-14-5-3-6-15-27/h3-26H,1-2H3/i1D3,2D3,9D,10D,11D,12D,20D,21D,22D,23D,25D,26D. The molecule has 0 atom stereocenters. The highest BCUT2D eigenvalue weighted by molar-refractivity contribution is 6.11. The van der Waals surface area contributed by atoms with Crippen LogP contribution in [0.2, 0.25) is 0 Å². The number of fused-ring (bicyclic) bond motifs is 6. The summed E-state index contributed by atoms with van der Waals surface area (Å²) in [6.07, 6.45) is 0. The normalized spacial score (nSPS) is 18.7. The Morgan fingerprint density at radius 2 is 1.24 bits per heavy atom. The quantitative estimate of drug-likeness (QED) is 0.200. The Bertz CT molecular complexity index is 3200. The van der Waals surface area contributed by atoms with Crippen LogP contribution in [0.25, 0.3) is 72.8 Å². The van der Waals surface area contributed by atoms with Gasteiger partial charge < -0.3 is 0 Å². The second kappa shape index (κ2) is 10.1. The zero-order valence-corrected chi connectivity index (χ0v) is 23.9. The van der Waals surface area contributed by atoms with Crippen molar-refractivity contribution in [2.75, 3.05) is 0 Å². The van der Waals surface area contributed by atoms with E-state index >= 15 is 0 Å². The summed E-state index contributed by atoms with van der Waals surface area (Å²) in [6, 6.07) is 17.6. The van der Waals surface area contributed by atoms with Crippen molar-refractivity contribution in [3.8, 4) is 51.0 Å². The molecule has 0 N–H and O–H groups in total. The molecule has 0 saturated carbocycles. The van der Waals surface area contributed by atoms with Crippen LogP contribution in [0.15, 0.2) is 145 Å². The Labute approximate surface area is 290 Å². The molecule has 1 aliphatic carbocycles. The van der Waals surface area contributed by atoms with Gasteiger partial charge in [0.15, 0.2) is 11.6 Å². The topological polar surface area (TPSA) is 43.6 Å². The Balaban J connectivity index is 1.51. The molecule has 218 valence electrons. The van der Waals surface area contributed by atoms with Crippen LogP contribution in [0.3, 0.4) is 0 Å². The average molecular weight is 607 g/mol. The minimum absolute atomic E-state index is 0.0802. The first-order valence-corrected chi connectivity index (χ1v) is 14.4. The Morgan fingerprint density at radius 1 is 0.565 bits per heavy atom. The van der Waals surface area contributed by atoms with Gasteiger partial charge in [0.2, 0.25) is 5.95 Å². The maximum absolute atomic E-state index is 9.98. The van der Waals surface area contributed by atoms with Crippen LogP contribution in [0, 0.1) is 0 Å². The lowest BCUT2D eigenvalue weighted by molar-refractivity contribution is 0.661. The predicted octanol–water partition coefficient (Wildman–Crippen LogP) is 10.3. The van der Waals surface area contributed by atoms with Crippen molar-refractivity contribution in [1.29, 1.82) is 0 Å². The molecule has 0 radical (unpaired) electrons. The number of hydrogen-bond donors (Lipinski definition) is 0. The summed E-state index contributed by atoms with van der Waals surface area (Å²) >= 11 is 0. The molecule has 0 aliphatic heterocycles. The van der Waals surface area contributed by atoms with Crippen LogP contribution in [0.1, 0.15) is 46.8 Å². The van der Waals surface area contributed by atoms with Gasteiger partial charge in [0.05, 0.1) is 24.7 Å². The molecule has 1 aliphatic rings. The molecular weight excluding hydrogens is 560 g/mol. The van der Waals surface area contributed by atoms with E-state index in [2.05, 4.69) is 0 Å².